The van der Waals surface area contributed by atoms with E-state index in [1.165, 1.54) is 0 Å². The molecular weight excluding hydrogens is 242 g/mol. The Hall–Kier alpha value is -1.10. The van der Waals surface area contributed by atoms with Gasteiger partial charge in [-0.3, -0.25) is 9.59 Å². The number of rotatable bonds is 6. The lowest BCUT2D eigenvalue weighted by Crippen LogP contribution is -2.55. The molecule has 1 aliphatic carbocycles. The minimum absolute atomic E-state index is 0.0833. The zero-order chi connectivity index (χ0) is 14.3. The quantitative estimate of drug-likeness (QED) is 0.756. The van der Waals surface area contributed by atoms with Crippen LogP contribution in [0, 0.1) is 0 Å². The zero-order valence-corrected chi connectivity index (χ0v) is 12.2. The van der Waals surface area contributed by atoms with Crippen molar-refractivity contribution in [3.63, 3.8) is 0 Å². The fourth-order valence-electron chi connectivity index (χ4n) is 2.60. The molecule has 0 saturated heterocycles. The van der Waals surface area contributed by atoms with E-state index in [1.54, 1.807) is 4.90 Å². The molecule has 0 aliphatic heterocycles. The van der Waals surface area contributed by atoms with E-state index in [0.29, 0.717) is 26.1 Å². The molecule has 1 aliphatic rings. The first-order valence-corrected chi connectivity index (χ1v) is 7.38. The number of hydrogen-bond donors (Lipinski definition) is 2. The smallest absolute Gasteiger partial charge is 0.240 e. The van der Waals surface area contributed by atoms with Crippen molar-refractivity contribution in [3.05, 3.63) is 0 Å². The summed E-state index contributed by atoms with van der Waals surface area (Å²) in [4.78, 5) is 25.6. The number of nitrogens with two attached hydrogens (primary N) is 1. The summed E-state index contributed by atoms with van der Waals surface area (Å²) >= 11 is 0. The van der Waals surface area contributed by atoms with Crippen LogP contribution in [0.1, 0.15) is 52.4 Å². The maximum atomic E-state index is 12.0. The summed E-state index contributed by atoms with van der Waals surface area (Å²) in [6.07, 6.45) is 5.05. The van der Waals surface area contributed by atoms with E-state index in [-0.39, 0.29) is 11.8 Å². The number of carbonyl (C=O) groups excluding carboxylic acids is 2. The predicted octanol–water partition coefficient (Wildman–Crippen LogP) is 1.02. The summed E-state index contributed by atoms with van der Waals surface area (Å²) < 4.78 is 0. The fraction of sp³-hybridized carbons (Fsp3) is 0.857. The summed E-state index contributed by atoms with van der Waals surface area (Å²) in [6, 6.07) is 0. The van der Waals surface area contributed by atoms with Crippen molar-refractivity contribution >= 4 is 11.8 Å². The molecule has 0 unspecified atom stereocenters. The Morgan fingerprint density at radius 2 is 1.74 bits per heavy atom. The van der Waals surface area contributed by atoms with Gasteiger partial charge in [0.25, 0.3) is 0 Å². The predicted molar refractivity (Wildman–Crippen MR) is 75.6 cm³/mol. The van der Waals surface area contributed by atoms with Gasteiger partial charge in [-0.25, -0.2) is 0 Å². The van der Waals surface area contributed by atoms with Crippen molar-refractivity contribution in [2.45, 2.75) is 57.9 Å². The summed E-state index contributed by atoms with van der Waals surface area (Å²) in [7, 11) is 0. The molecular formula is C14H27N3O2. The third-order valence-electron chi connectivity index (χ3n) is 3.94. The highest BCUT2D eigenvalue weighted by Gasteiger charge is 2.34. The molecule has 0 aromatic rings. The van der Waals surface area contributed by atoms with E-state index in [4.69, 9.17) is 5.73 Å². The third-order valence-corrected chi connectivity index (χ3v) is 3.94. The first kappa shape index (κ1) is 16.0. The summed E-state index contributed by atoms with van der Waals surface area (Å²) in [5, 5.41) is 2.82. The Labute approximate surface area is 115 Å². The maximum Gasteiger partial charge on any atom is 0.240 e. The Morgan fingerprint density at radius 3 is 2.26 bits per heavy atom. The van der Waals surface area contributed by atoms with Gasteiger partial charge in [0.1, 0.15) is 0 Å². The minimum atomic E-state index is -0.712. The van der Waals surface area contributed by atoms with Crippen molar-refractivity contribution in [3.8, 4) is 0 Å². The number of nitrogens with one attached hydrogen (secondary N) is 1. The summed E-state index contributed by atoms with van der Waals surface area (Å²) in [6.45, 7) is 5.72. The zero-order valence-electron chi connectivity index (χ0n) is 12.2. The van der Waals surface area contributed by atoms with Crippen LogP contribution in [0.15, 0.2) is 0 Å². The van der Waals surface area contributed by atoms with Crippen LogP contribution in [-0.4, -0.2) is 41.9 Å². The number of carbonyl (C=O) groups is 2. The Balaban J connectivity index is 2.32. The highest BCUT2D eigenvalue weighted by atomic mass is 16.2. The minimum Gasteiger partial charge on any atom is -0.354 e. The third kappa shape index (κ3) is 4.49. The molecule has 5 heteroatoms. The van der Waals surface area contributed by atoms with Gasteiger partial charge in [-0.2, -0.15) is 0 Å². The number of hydrogen-bond acceptors (Lipinski definition) is 3. The van der Waals surface area contributed by atoms with Gasteiger partial charge in [0.05, 0.1) is 5.54 Å². The molecule has 0 radical (unpaired) electrons. The van der Waals surface area contributed by atoms with E-state index in [1.807, 2.05) is 13.8 Å². The lowest BCUT2D eigenvalue weighted by Gasteiger charge is -2.31. The first-order valence-electron chi connectivity index (χ1n) is 7.38. The Bertz CT molecular complexity index is 308. The second-order valence-corrected chi connectivity index (χ2v) is 5.29. The average molecular weight is 269 g/mol. The SMILES string of the molecule is CCN(CC)C(=O)CCNC(=O)C1(N)CCCCC1. The fourth-order valence-corrected chi connectivity index (χ4v) is 2.60. The van der Waals surface area contributed by atoms with Gasteiger partial charge in [-0.1, -0.05) is 19.3 Å². The van der Waals surface area contributed by atoms with Crippen molar-refractivity contribution in [1.82, 2.24) is 10.2 Å². The van der Waals surface area contributed by atoms with Gasteiger partial charge in [0.15, 0.2) is 0 Å². The monoisotopic (exact) mass is 269 g/mol. The van der Waals surface area contributed by atoms with E-state index in [0.717, 1.165) is 32.1 Å². The highest BCUT2D eigenvalue weighted by molar-refractivity contribution is 5.86. The molecule has 1 saturated carbocycles. The van der Waals surface area contributed by atoms with Gasteiger partial charge >= 0.3 is 0 Å². The van der Waals surface area contributed by atoms with Crippen LogP contribution in [0.2, 0.25) is 0 Å². The lowest BCUT2D eigenvalue weighted by molar-refractivity contribution is -0.131. The maximum absolute atomic E-state index is 12.0. The Morgan fingerprint density at radius 1 is 1.16 bits per heavy atom. The van der Waals surface area contributed by atoms with Crippen molar-refractivity contribution in [1.29, 1.82) is 0 Å². The average Bonchev–Trinajstić information content (AvgIpc) is 2.41. The molecule has 1 fully saturated rings. The van der Waals surface area contributed by atoms with Gasteiger partial charge in [-0.15, -0.1) is 0 Å². The molecule has 0 spiro atoms. The number of amides is 2. The van der Waals surface area contributed by atoms with Crippen LogP contribution in [0.4, 0.5) is 0 Å². The normalized spacial score (nSPS) is 17.8. The standard InChI is InChI=1S/C14H27N3O2/c1-3-17(4-2)12(18)8-11-16-13(19)14(15)9-6-5-7-10-14/h3-11,15H2,1-2H3,(H,16,19). The van der Waals surface area contributed by atoms with Crippen LogP contribution in [0.3, 0.4) is 0 Å². The molecule has 0 bridgehead atoms. The molecule has 0 heterocycles. The molecule has 110 valence electrons. The molecule has 3 N–H and O–H groups in total. The van der Waals surface area contributed by atoms with Crippen LogP contribution in [0.5, 0.6) is 0 Å². The van der Waals surface area contributed by atoms with Crippen LogP contribution >= 0.6 is 0 Å². The van der Waals surface area contributed by atoms with E-state index in [9.17, 15) is 9.59 Å². The van der Waals surface area contributed by atoms with Crippen LogP contribution in [-0.2, 0) is 9.59 Å². The summed E-state index contributed by atoms with van der Waals surface area (Å²) in [5.74, 6) is -0.0143. The largest absolute Gasteiger partial charge is 0.354 e. The molecule has 2 amide bonds. The topological polar surface area (TPSA) is 75.4 Å². The van der Waals surface area contributed by atoms with Gasteiger partial charge < -0.3 is 16.0 Å². The second kappa shape index (κ2) is 7.48. The summed E-state index contributed by atoms with van der Waals surface area (Å²) in [5.41, 5.74) is 5.41. The van der Waals surface area contributed by atoms with Crippen LogP contribution in [0.25, 0.3) is 0 Å². The molecule has 19 heavy (non-hydrogen) atoms. The van der Waals surface area contributed by atoms with Crippen molar-refractivity contribution in [2.75, 3.05) is 19.6 Å². The van der Waals surface area contributed by atoms with Gasteiger partial charge in [-0.05, 0) is 26.7 Å². The second-order valence-electron chi connectivity index (χ2n) is 5.29. The Kier molecular flexibility index (Phi) is 6.28. The molecule has 0 atom stereocenters. The first-order chi connectivity index (χ1) is 9.03. The molecule has 0 aromatic heterocycles. The lowest BCUT2D eigenvalue weighted by atomic mass is 9.82. The van der Waals surface area contributed by atoms with Gasteiger partial charge in [0, 0.05) is 26.1 Å². The van der Waals surface area contributed by atoms with Crippen LogP contribution < -0.4 is 11.1 Å². The van der Waals surface area contributed by atoms with Crippen molar-refractivity contribution < 1.29 is 9.59 Å². The highest BCUT2D eigenvalue weighted by Crippen LogP contribution is 2.25. The van der Waals surface area contributed by atoms with E-state index in [2.05, 4.69) is 5.32 Å². The number of nitrogens with zero attached hydrogens (tertiary/aromatic N) is 1. The van der Waals surface area contributed by atoms with E-state index >= 15 is 0 Å². The molecule has 1 rings (SSSR count). The van der Waals surface area contributed by atoms with Crippen molar-refractivity contribution in [2.24, 2.45) is 5.73 Å². The van der Waals surface area contributed by atoms with E-state index < -0.39 is 5.54 Å². The molecule has 0 aromatic carbocycles. The molecule has 5 nitrogen and oxygen atoms in total. The van der Waals surface area contributed by atoms with Gasteiger partial charge in [0.2, 0.25) is 11.8 Å².